The molecule has 0 amide bonds. The molecule has 2 heterocycles. The first-order chi connectivity index (χ1) is 16.1. The van der Waals surface area contributed by atoms with Crippen LogP contribution in [0.25, 0.3) is 11.3 Å². The van der Waals surface area contributed by atoms with Crippen LogP contribution in [-0.2, 0) is 3.07 Å². The molecule has 8 heteroatoms. The summed E-state index contributed by atoms with van der Waals surface area (Å²) >= 11 is -0.127. The fourth-order valence-corrected chi connectivity index (χ4v) is 14.3. The van der Waals surface area contributed by atoms with Crippen molar-refractivity contribution in [3.05, 3.63) is 70.3 Å². The number of halogens is 1. The van der Waals surface area contributed by atoms with E-state index in [-0.39, 0.29) is 0 Å². The molecular weight excluding hydrogens is 589 g/mol. The summed E-state index contributed by atoms with van der Waals surface area (Å²) in [5, 5.41) is 13.1. The number of hydrogen-bond donors (Lipinski definition) is 0. The number of hydrogen-bond acceptors (Lipinski definition) is 6. The molecule has 33 heavy (non-hydrogen) atoms. The van der Waals surface area contributed by atoms with E-state index in [1.54, 1.807) is 6.21 Å². The first-order valence-electron chi connectivity index (χ1n) is 11.4. The summed E-state index contributed by atoms with van der Waals surface area (Å²) in [5.74, 6) is 1.86. The van der Waals surface area contributed by atoms with Gasteiger partial charge >= 0.3 is 209 Å². The molecule has 3 aromatic rings. The van der Waals surface area contributed by atoms with Gasteiger partial charge in [0.1, 0.15) is 0 Å². The first-order valence-corrected chi connectivity index (χ1v) is 18.6. The topological polar surface area (TPSA) is 69.2 Å². The fourth-order valence-electron chi connectivity index (χ4n) is 3.71. The van der Waals surface area contributed by atoms with E-state index in [4.69, 9.17) is 10.7 Å². The van der Waals surface area contributed by atoms with Crippen molar-refractivity contribution in [3.63, 3.8) is 0 Å². The van der Waals surface area contributed by atoms with E-state index in [9.17, 15) is 0 Å². The third-order valence-corrected chi connectivity index (χ3v) is 15.7. The second-order valence-electron chi connectivity index (χ2n) is 8.10. The summed E-state index contributed by atoms with van der Waals surface area (Å²) in [6.07, 6.45) is 5.97. The van der Waals surface area contributed by atoms with Crippen LogP contribution < -0.4 is 3.07 Å². The Bertz CT molecular complexity index is 1120. The molecule has 6 nitrogen and oxygen atoms in total. The molecule has 4 rings (SSSR count). The molecule has 1 aliphatic rings. The molecule has 0 radical (unpaired) electrons. The van der Waals surface area contributed by atoms with Crippen LogP contribution >= 0.6 is 15.9 Å². The van der Waals surface area contributed by atoms with Crippen molar-refractivity contribution in [1.29, 1.82) is 0 Å². The molecule has 0 fully saturated rings. The molecule has 2 aromatic carbocycles. The Morgan fingerprint density at radius 2 is 1.67 bits per heavy atom. The summed E-state index contributed by atoms with van der Waals surface area (Å²) in [4.78, 5) is 0. The fraction of sp³-hybridized carbons (Fsp3) is 0.320. The minimum atomic E-state index is -3.68. The van der Waals surface area contributed by atoms with Crippen molar-refractivity contribution in [3.8, 4) is 17.1 Å². The summed E-state index contributed by atoms with van der Waals surface area (Å²) in [6.45, 7) is 4.39. The van der Waals surface area contributed by atoms with Gasteiger partial charge in [-0.25, -0.2) is 0 Å². The summed E-state index contributed by atoms with van der Waals surface area (Å²) in [7, 11) is 0. The van der Waals surface area contributed by atoms with Crippen LogP contribution in [0.4, 0.5) is 0 Å². The van der Waals surface area contributed by atoms with Gasteiger partial charge in [-0.3, -0.25) is 0 Å². The average molecular weight is 617 g/mol. The van der Waals surface area contributed by atoms with Crippen LogP contribution in [-0.4, -0.2) is 36.5 Å². The third-order valence-electron chi connectivity index (χ3n) is 5.51. The van der Waals surface area contributed by atoms with Gasteiger partial charge in [-0.2, -0.15) is 0 Å². The molecule has 0 aliphatic carbocycles. The maximum absolute atomic E-state index is 6.84. The molecule has 172 valence electrons. The molecule has 0 unspecified atom stereocenters. The Labute approximate surface area is 208 Å². The van der Waals surface area contributed by atoms with Gasteiger partial charge in [-0.15, -0.1) is 0 Å². The van der Waals surface area contributed by atoms with Crippen LogP contribution in [0.15, 0.2) is 73.8 Å². The predicted octanol–water partition coefficient (Wildman–Crippen LogP) is 7.34. The van der Waals surface area contributed by atoms with Gasteiger partial charge in [-0.05, 0) is 0 Å². The van der Waals surface area contributed by atoms with E-state index >= 15 is 0 Å². The van der Waals surface area contributed by atoms with Gasteiger partial charge in [0.05, 0.1) is 0 Å². The van der Waals surface area contributed by atoms with Crippen molar-refractivity contribution in [2.45, 2.75) is 48.4 Å². The summed E-state index contributed by atoms with van der Waals surface area (Å²) in [5.41, 5.74) is 2.37. The molecule has 0 saturated carbocycles. The van der Waals surface area contributed by atoms with Crippen molar-refractivity contribution < 1.29 is 10.7 Å². The van der Waals surface area contributed by atoms with Crippen molar-refractivity contribution in [1.82, 2.24) is 5.16 Å². The van der Waals surface area contributed by atoms with Gasteiger partial charge in [0.15, 0.2) is 0 Å². The van der Waals surface area contributed by atoms with Crippen LogP contribution in [0.1, 0.15) is 50.8 Å². The predicted molar refractivity (Wildman–Crippen MR) is 137 cm³/mol. The SMILES string of the molecule is CCC[CH2][Sn]1([CH2]CCC)[O]/C(c2cc(-c3ccccc3)on2)=N\N=C/c2cc(Br)ccc2[O]1. The van der Waals surface area contributed by atoms with Gasteiger partial charge < -0.3 is 0 Å². The number of fused-ring (bicyclic) bond motifs is 1. The van der Waals surface area contributed by atoms with Crippen LogP contribution in [0.3, 0.4) is 0 Å². The molecule has 0 saturated heterocycles. The van der Waals surface area contributed by atoms with E-state index in [1.807, 2.05) is 54.6 Å². The Morgan fingerprint density at radius 3 is 2.39 bits per heavy atom. The van der Waals surface area contributed by atoms with Gasteiger partial charge in [0.2, 0.25) is 0 Å². The third kappa shape index (κ3) is 6.06. The molecule has 0 spiro atoms. The van der Waals surface area contributed by atoms with E-state index in [1.165, 1.54) is 0 Å². The monoisotopic (exact) mass is 617 g/mol. The summed E-state index contributed by atoms with van der Waals surface area (Å²) < 4.78 is 22.1. The summed E-state index contributed by atoms with van der Waals surface area (Å²) in [6, 6.07) is 17.7. The Kier molecular flexibility index (Phi) is 8.24. The molecule has 0 atom stereocenters. The molecule has 0 N–H and O–H groups in total. The number of benzene rings is 2. The zero-order chi connectivity index (χ0) is 23.1. The van der Waals surface area contributed by atoms with Crippen LogP contribution in [0, 0.1) is 0 Å². The van der Waals surface area contributed by atoms with E-state index in [0.29, 0.717) is 17.4 Å². The van der Waals surface area contributed by atoms with E-state index in [0.717, 1.165) is 55.9 Å². The Hall–Kier alpha value is -2.13. The Morgan fingerprint density at radius 1 is 0.909 bits per heavy atom. The first kappa shape index (κ1) is 24.0. The molecule has 1 aliphatic heterocycles. The normalized spacial score (nSPS) is 17.4. The van der Waals surface area contributed by atoms with Gasteiger partial charge in [0.25, 0.3) is 0 Å². The zero-order valence-corrected chi connectivity index (χ0v) is 23.4. The van der Waals surface area contributed by atoms with Gasteiger partial charge in [0, 0.05) is 0 Å². The zero-order valence-electron chi connectivity index (χ0n) is 19.0. The second kappa shape index (κ2) is 11.3. The maximum atomic E-state index is 6.84. The standard InChI is InChI=1S/C17H12BrN3O3.2C4H9.Sn/c18-13-6-7-15(22)12(8-13)10-19-20-17(23)14-9-16(24-21-14)11-4-2-1-3-5-11;2*1-3-4-2;/h1-10,22H,(H,20,23);2*1,3-4H2,2H3;/q;;;+2/p-2/b19-10-;;;. The van der Waals surface area contributed by atoms with Crippen molar-refractivity contribution >= 4 is 47.2 Å². The van der Waals surface area contributed by atoms with Crippen molar-refractivity contribution in [2.24, 2.45) is 10.2 Å². The van der Waals surface area contributed by atoms with E-state index < -0.39 is 19.2 Å². The average Bonchev–Trinajstić information content (AvgIpc) is 3.35. The number of nitrogens with zero attached hydrogens (tertiary/aromatic N) is 3. The number of unbranched alkanes of at least 4 members (excludes halogenated alkanes) is 2. The number of rotatable bonds is 8. The van der Waals surface area contributed by atoms with Crippen LogP contribution in [0.5, 0.6) is 5.75 Å². The van der Waals surface area contributed by atoms with E-state index in [2.05, 4.69) is 45.1 Å². The molecule has 0 bridgehead atoms. The Balaban J connectivity index is 1.76. The molecule has 1 aromatic heterocycles. The van der Waals surface area contributed by atoms with Gasteiger partial charge in [-0.1, -0.05) is 0 Å². The quantitative estimate of drug-likeness (QED) is 0.248. The number of aromatic nitrogens is 1. The molecular formula is C25H28BrN3O3Sn. The minimum absolute atomic E-state index is 0.382. The van der Waals surface area contributed by atoms with Crippen molar-refractivity contribution in [2.75, 3.05) is 0 Å². The second-order valence-corrected chi connectivity index (χ2v) is 18.2. The van der Waals surface area contributed by atoms with Crippen LogP contribution in [0.2, 0.25) is 8.87 Å².